The van der Waals surface area contributed by atoms with E-state index >= 15 is 22.0 Å². The average molecular weight is 693 g/mol. The van der Waals surface area contributed by atoms with Gasteiger partial charge in [-0.05, 0) is 110 Å². The number of alkyl halides is 3. The van der Waals surface area contributed by atoms with Crippen LogP contribution in [0, 0.1) is 40.8 Å². The first-order valence-corrected chi connectivity index (χ1v) is 16.6. The van der Waals surface area contributed by atoms with E-state index in [0.717, 1.165) is 55.5 Å². The van der Waals surface area contributed by atoms with Crippen molar-refractivity contribution in [2.45, 2.75) is 83.2 Å². The SMILES string of the molecule is CCCCCC1CCC(c2ccc(-c3cc(F)c(C(F)(F)Oc4ccc(-c5cc(F)c(CCCF)c(F)c5)c(F)c4)c(F)c3)c(F)c2)CC1. The third kappa shape index (κ3) is 8.44. The van der Waals surface area contributed by atoms with Gasteiger partial charge in [0.2, 0.25) is 0 Å². The second-order valence-corrected chi connectivity index (χ2v) is 12.7. The summed E-state index contributed by atoms with van der Waals surface area (Å²) in [5.74, 6) is -7.42. The van der Waals surface area contributed by atoms with Gasteiger partial charge >= 0.3 is 6.11 Å². The van der Waals surface area contributed by atoms with Crippen LogP contribution in [0.5, 0.6) is 5.75 Å². The highest BCUT2D eigenvalue weighted by Gasteiger charge is 2.41. The standard InChI is InChI=1S/C39H37F9O/c1-2-3-4-6-23-8-10-24(11-9-23)25-12-14-29(32(41)17-25)27-20-36(45)38(37(46)21-27)39(47,48)49-28-13-15-30(35(44)22-28)26-18-33(42)31(7-5-16-40)34(43)19-26/h12-15,17-24H,2-11,16H2,1H3. The molecule has 5 rings (SSSR count). The molecule has 1 fully saturated rings. The molecule has 0 bridgehead atoms. The summed E-state index contributed by atoms with van der Waals surface area (Å²) < 4.78 is 136. The maximum Gasteiger partial charge on any atom is 0.432 e. The second-order valence-electron chi connectivity index (χ2n) is 12.7. The van der Waals surface area contributed by atoms with Crippen LogP contribution in [0.4, 0.5) is 39.5 Å². The Morgan fingerprint density at radius 2 is 1.22 bits per heavy atom. The van der Waals surface area contributed by atoms with E-state index in [1.807, 2.05) is 0 Å². The molecule has 0 unspecified atom stereocenters. The summed E-state index contributed by atoms with van der Waals surface area (Å²) in [6.07, 6.45) is 3.77. The number of benzene rings is 4. The molecule has 0 spiro atoms. The lowest BCUT2D eigenvalue weighted by Crippen LogP contribution is -2.25. The molecule has 0 atom stereocenters. The van der Waals surface area contributed by atoms with Crippen LogP contribution in [0.3, 0.4) is 0 Å². The van der Waals surface area contributed by atoms with Crippen LogP contribution >= 0.6 is 0 Å². The molecule has 1 nitrogen and oxygen atoms in total. The predicted molar refractivity (Wildman–Crippen MR) is 171 cm³/mol. The number of rotatable bonds is 13. The molecule has 0 amide bonds. The number of ether oxygens (including phenoxy) is 1. The van der Waals surface area contributed by atoms with Crippen molar-refractivity contribution < 1.29 is 44.3 Å². The van der Waals surface area contributed by atoms with Crippen molar-refractivity contribution in [3.8, 4) is 28.0 Å². The van der Waals surface area contributed by atoms with Gasteiger partial charge in [0.15, 0.2) is 0 Å². The van der Waals surface area contributed by atoms with E-state index in [4.69, 9.17) is 0 Å². The number of hydrogen-bond donors (Lipinski definition) is 0. The van der Waals surface area contributed by atoms with E-state index in [1.54, 1.807) is 6.07 Å². The minimum atomic E-state index is -4.63. The molecule has 0 N–H and O–H groups in total. The maximum absolute atomic E-state index is 15.3. The Morgan fingerprint density at radius 1 is 0.653 bits per heavy atom. The fourth-order valence-corrected chi connectivity index (χ4v) is 6.73. The van der Waals surface area contributed by atoms with Crippen molar-refractivity contribution in [3.05, 3.63) is 112 Å². The molecule has 0 aliphatic heterocycles. The second kappa shape index (κ2) is 15.7. The minimum Gasteiger partial charge on any atom is -0.429 e. The molecule has 1 aliphatic carbocycles. The summed E-state index contributed by atoms with van der Waals surface area (Å²) in [7, 11) is 0. The molecule has 0 heterocycles. The Morgan fingerprint density at radius 3 is 1.78 bits per heavy atom. The van der Waals surface area contributed by atoms with E-state index in [2.05, 4.69) is 11.7 Å². The molecular weight excluding hydrogens is 655 g/mol. The van der Waals surface area contributed by atoms with Crippen molar-refractivity contribution in [1.82, 2.24) is 0 Å². The average Bonchev–Trinajstić information content (AvgIpc) is 3.04. The molecular formula is C39H37F9O. The highest BCUT2D eigenvalue weighted by atomic mass is 19.3. The van der Waals surface area contributed by atoms with Gasteiger partial charge in [-0.1, -0.05) is 44.7 Å². The summed E-state index contributed by atoms with van der Waals surface area (Å²) in [5, 5.41) is 0. The van der Waals surface area contributed by atoms with E-state index in [0.29, 0.717) is 24.1 Å². The summed E-state index contributed by atoms with van der Waals surface area (Å²) in [5.41, 5.74) is -2.42. The number of hydrogen-bond acceptors (Lipinski definition) is 1. The topological polar surface area (TPSA) is 9.23 Å². The fraction of sp³-hybridized carbons (Fsp3) is 0.385. The normalized spacial score (nSPS) is 16.6. The van der Waals surface area contributed by atoms with Crippen molar-refractivity contribution in [1.29, 1.82) is 0 Å². The monoisotopic (exact) mass is 692 g/mol. The summed E-state index contributed by atoms with van der Waals surface area (Å²) in [4.78, 5) is 0. The summed E-state index contributed by atoms with van der Waals surface area (Å²) in [6.45, 7) is 1.38. The van der Waals surface area contributed by atoms with Crippen molar-refractivity contribution >= 4 is 0 Å². The van der Waals surface area contributed by atoms with Crippen LogP contribution in [0.25, 0.3) is 22.3 Å². The van der Waals surface area contributed by atoms with Gasteiger partial charge in [-0.25, -0.2) is 26.3 Å². The largest absolute Gasteiger partial charge is 0.432 e. The van der Waals surface area contributed by atoms with Crippen LogP contribution in [0.15, 0.2) is 60.7 Å². The molecule has 4 aromatic carbocycles. The van der Waals surface area contributed by atoms with Crippen LogP contribution in [-0.2, 0) is 12.5 Å². The Labute approximate surface area is 280 Å². The van der Waals surface area contributed by atoms with Gasteiger partial charge in [-0.3, -0.25) is 4.39 Å². The molecule has 10 heteroatoms. The molecule has 4 aromatic rings. The van der Waals surface area contributed by atoms with E-state index in [1.165, 1.54) is 37.8 Å². The smallest absolute Gasteiger partial charge is 0.429 e. The Kier molecular flexibility index (Phi) is 11.7. The van der Waals surface area contributed by atoms with Crippen molar-refractivity contribution in [3.63, 3.8) is 0 Å². The quantitative estimate of drug-likeness (QED) is 0.100. The van der Waals surface area contributed by atoms with Crippen LogP contribution in [-0.4, -0.2) is 6.67 Å². The number of halogens is 9. The summed E-state index contributed by atoms with van der Waals surface area (Å²) in [6, 6.07) is 9.48. The first-order valence-electron chi connectivity index (χ1n) is 16.6. The fourth-order valence-electron chi connectivity index (χ4n) is 6.73. The zero-order chi connectivity index (χ0) is 35.3. The first kappa shape index (κ1) is 36.3. The molecule has 1 saturated carbocycles. The van der Waals surface area contributed by atoms with E-state index in [-0.39, 0.29) is 46.6 Å². The van der Waals surface area contributed by atoms with Crippen LogP contribution < -0.4 is 4.74 Å². The van der Waals surface area contributed by atoms with Crippen LogP contribution in [0.2, 0.25) is 0 Å². The van der Waals surface area contributed by atoms with Gasteiger partial charge in [0.25, 0.3) is 0 Å². The predicted octanol–water partition coefficient (Wildman–Crippen LogP) is 12.7. The molecule has 1 aliphatic rings. The highest BCUT2D eigenvalue weighted by molar-refractivity contribution is 5.67. The Balaban J connectivity index is 1.30. The Hall–Kier alpha value is -3.95. The van der Waals surface area contributed by atoms with E-state index < -0.39 is 59.0 Å². The maximum atomic E-state index is 15.3. The number of unbranched alkanes of at least 4 members (excludes halogenated alkanes) is 2. The third-order valence-corrected chi connectivity index (χ3v) is 9.37. The molecule has 49 heavy (non-hydrogen) atoms. The van der Waals surface area contributed by atoms with E-state index in [9.17, 15) is 17.6 Å². The van der Waals surface area contributed by atoms with Gasteiger partial charge in [-0.15, -0.1) is 0 Å². The van der Waals surface area contributed by atoms with Crippen molar-refractivity contribution in [2.75, 3.05) is 6.67 Å². The van der Waals surface area contributed by atoms with Crippen molar-refractivity contribution in [2.24, 2.45) is 5.92 Å². The molecule has 0 saturated heterocycles. The Bertz CT molecular complexity index is 1720. The third-order valence-electron chi connectivity index (χ3n) is 9.37. The zero-order valence-corrected chi connectivity index (χ0v) is 27.0. The molecule has 0 aromatic heterocycles. The summed E-state index contributed by atoms with van der Waals surface area (Å²) >= 11 is 0. The lowest BCUT2D eigenvalue weighted by molar-refractivity contribution is -0.189. The van der Waals surface area contributed by atoms with Gasteiger partial charge in [-0.2, -0.15) is 8.78 Å². The lowest BCUT2D eigenvalue weighted by atomic mass is 9.77. The molecule has 262 valence electrons. The molecule has 0 radical (unpaired) electrons. The first-order chi connectivity index (χ1) is 23.4. The highest BCUT2D eigenvalue weighted by Crippen LogP contribution is 2.41. The van der Waals surface area contributed by atoms with Gasteiger partial charge in [0, 0.05) is 22.8 Å². The van der Waals surface area contributed by atoms with Gasteiger partial charge in [0.1, 0.15) is 46.2 Å². The zero-order valence-electron chi connectivity index (χ0n) is 27.0. The minimum absolute atomic E-state index is 0.115. The van der Waals surface area contributed by atoms with Crippen LogP contribution in [0.1, 0.15) is 87.3 Å². The van der Waals surface area contributed by atoms with Gasteiger partial charge < -0.3 is 4.74 Å². The van der Waals surface area contributed by atoms with Gasteiger partial charge in [0.05, 0.1) is 6.67 Å². The lowest BCUT2D eigenvalue weighted by Gasteiger charge is -2.29.